The molecule has 0 saturated heterocycles. The van der Waals surface area contributed by atoms with Gasteiger partial charge in [0.1, 0.15) is 47.1 Å². The van der Waals surface area contributed by atoms with E-state index in [1.54, 1.807) is 60.6 Å². The molecule has 29 heteroatoms. The quantitative estimate of drug-likeness (QED) is 0.0282. The fourth-order valence-electron chi connectivity index (χ4n) is 9.43. The Balaban J connectivity index is 0.00000456. The van der Waals surface area contributed by atoms with E-state index in [-0.39, 0.29) is 190 Å². The van der Waals surface area contributed by atoms with E-state index in [0.717, 1.165) is 24.3 Å². The Morgan fingerprint density at radius 3 is 1.78 bits per heavy atom. The van der Waals surface area contributed by atoms with E-state index in [2.05, 4.69) is 0 Å². The number of aliphatic carboxylic acids is 1. The number of unbranched alkanes of at least 4 members (excludes halogenated alkanes) is 2. The summed E-state index contributed by atoms with van der Waals surface area (Å²) in [7, 11) is -24.3. The first kappa shape index (κ1) is 68.2. The number of ether oxygens (including phenoxy) is 1. The number of benzene rings is 4. The van der Waals surface area contributed by atoms with Crippen LogP contribution >= 0.6 is 0 Å². The average molecular weight is 1140 g/mol. The van der Waals surface area contributed by atoms with Crippen LogP contribution in [0, 0.1) is 0 Å². The van der Waals surface area contributed by atoms with Crippen LogP contribution in [0.2, 0.25) is 0 Å². The molecule has 6 rings (SSSR count). The number of carbonyl (C=O) groups is 1. The standard InChI is InChI=1S/C44H50N2O18S5.4Na/c1-43(2)38(46(21-22-64-4)35-27-37(69(61,62)63)30-16-15-28(66(52,53)54)24-32(30)41(35)43)12-7-5-8-13-39-44(3,19-11-23-65(49,50)51)42-33-25-29(67(55,56)57)26-36(68(58,59)60)31(33)17-18-34(42)45(39)20-10-6-9-14-40(47)48;;;;/h5,7-8,12-13,15-18,24-27H,6,9-11,14,19-23H2,1-4H3,(H5-,47,48,49,50,51,52,53,54,55,56,57,58,59,60,61,62,63);;;;/q;4*+1/p-4. The number of hydrogen-bond donors (Lipinski definition) is 1. The third-order valence-electron chi connectivity index (χ3n) is 12.4. The van der Waals surface area contributed by atoms with Crippen LogP contribution in [0.4, 0.5) is 11.4 Å². The molecule has 4 aromatic rings. The van der Waals surface area contributed by atoms with E-state index in [0.29, 0.717) is 48.0 Å². The second-order valence-electron chi connectivity index (χ2n) is 17.3. The van der Waals surface area contributed by atoms with Gasteiger partial charge in [-0.2, -0.15) is 4.58 Å². The van der Waals surface area contributed by atoms with Gasteiger partial charge in [0.05, 0.1) is 35.1 Å². The molecule has 1 atom stereocenters. The van der Waals surface area contributed by atoms with Gasteiger partial charge in [-0.25, -0.2) is 42.1 Å². The maximum absolute atomic E-state index is 12.6. The third kappa shape index (κ3) is 15.3. The minimum Gasteiger partial charge on any atom is -0.748 e. The number of hydrogen-bond acceptors (Lipinski definition) is 18. The van der Waals surface area contributed by atoms with Crippen molar-refractivity contribution in [2.24, 2.45) is 0 Å². The molecule has 0 amide bonds. The Hall–Kier alpha value is -0.930. The zero-order valence-corrected chi connectivity index (χ0v) is 53.5. The van der Waals surface area contributed by atoms with Gasteiger partial charge in [0.25, 0.3) is 0 Å². The number of fused-ring (bicyclic) bond motifs is 6. The van der Waals surface area contributed by atoms with Crippen LogP contribution in [-0.4, -0.2) is 119 Å². The number of carboxylic acids is 1. The van der Waals surface area contributed by atoms with Gasteiger partial charge in [-0.15, -0.1) is 0 Å². The zero-order chi connectivity index (χ0) is 51.3. The maximum Gasteiger partial charge on any atom is 1.00 e. The Morgan fingerprint density at radius 1 is 0.671 bits per heavy atom. The van der Waals surface area contributed by atoms with E-state index < -0.39 is 92.7 Å². The molecule has 0 spiro atoms. The first-order valence-electron chi connectivity index (χ1n) is 21.0. The van der Waals surface area contributed by atoms with Gasteiger partial charge in [0.2, 0.25) is 5.69 Å². The molecule has 374 valence electrons. The molecule has 0 bridgehead atoms. The normalized spacial score (nSPS) is 17.4. The first-order chi connectivity index (χ1) is 31.8. The van der Waals surface area contributed by atoms with Gasteiger partial charge in [0.15, 0.2) is 12.3 Å². The predicted molar refractivity (Wildman–Crippen MR) is 245 cm³/mol. The van der Waals surface area contributed by atoms with Crippen LogP contribution in [0.5, 0.6) is 0 Å². The summed E-state index contributed by atoms with van der Waals surface area (Å²) in [6.07, 6.45) is 8.66. The first-order valence-corrected chi connectivity index (χ1v) is 28.2. The van der Waals surface area contributed by atoms with Crippen LogP contribution in [0.1, 0.15) is 70.4 Å². The SMILES string of the molecule is COCC[N+]1=C(/C=C/C=C/C=C2/N(CCCCCC(=O)O)c3ccc4c(S(=O)(=O)[O-])cc(S(=O)(=O)[O-])cc4c3C2(C)CCCS(=O)(=O)[O-])C(C)(C)c2c1cc(S(=O)(=O)[O-])c1ccc(S(=O)(=O)[O-])cc21.[Na+].[Na+].[Na+].[Na+]. The number of nitrogens with zero attached hydrogens (tertiary/aromatic N) is 2. The Kier molecular flexibility index (Phi) is 24.2. The van der Waals surface area contributed by atoms with Gasteiger partial charge in [-0.05, 0) is 105 Å². The molecule has 73 heavy (non-hydrogen) atoms. The molecule has 1 unspecified atom stereocenters. The molecule has 4 aromatic carbocycles. The Bertz CT molecular complexity index is 3510. The molecule has 0 aliphatic carbocycles. The van der Waals surface area contributed by atoms with Crippen molar-refractivity contribution in [1.29, 1.82) is 0 Å². The molecule has 0 aromatic heterocycles. The Labute approximate surface area is 513 Å². The van der Waals surface area contributed by atoms with Gasteiger partial charge < -0.3 is 37.5 Å². The van der Waals surface area contributed by atoms with Crippen molar-refractivity contribution in [3.8, 4) is 0 Å². The van der Waals surface area contributed by atoms with Gasteiger partial charge in [-0.1, -0.05) is 36.8 Å². The fraction of sp³-hybridized carbons (Fsp3) is 0.364. The van der Waals surface area contributed by atoms with Crippen molar-refractivity contribution in [1.82, 2.24) is 0 Å². The largest absolute Gasteiger partial charge is 1.00 e. The monoisotopic (exact) mass is 1140 g/mol. The molecule has 2 heterocycles. The molecule has 20 nitrogen and oxygen atoms in total. The molecule has 0 radical (unpaired) electrons. The van der Waals surface area contributed by atoms with Crippen molar-refractivity contribution in [2.75, 3.05) is 37.5 Å². The van der Waals surface area contributed by atoms with Crippen LogP contribution in [-0.2, 0) is 71.0 Å². The van der Waals surface area contributed by atoms with Gasteiger partial charge in [0, 0.05) is 65.7 Å². The zero-order valence-electron chi connectivity index (χ0n) is 41.4. The Morgan fingerprint density at radius 2 is 1.23 bits per heavy atom. The average Bonchev–Trinajstić information content (AvgIpc) is 3.58. The topological polar surface area (TPSA) is 339 Å². The number of allylic oxidation sites excluding steroid dienone is 6. The number of rotatable bonds is 20. The van der Waals surface area contributed by atoms with Crippen LogP contribution < -0.4 is 123 Å². The molecule has 2 aliphatic rings. The summed E-state index contributed by atoms with van der Waals surface area (Å²) >= 11 is 0. The second kappa shape index (κ2) is 25.9. The summed E-state index contributed by atoms with van der Waals surface area (Å²) in [5.74, 6) is -1.84. The van der Waals surface area contributed by atoms with E-state index >= 15 is 0 Å². The van der Waals surface area contributed by atoms with Gasteiger partial charge >= 0.3 is 124 Å². The predicted octanol–water partition coefficient (Wildman–Crippen LogP) is -7.61. The van der Waals surface area contributed by atoms with Crippen molar-refractivity contribution in [3.05, 3.63) is 95.7 Å². The minimum absolute atomic E-state index is 0. The summed E-state index contributed by atoms with van der Waals surface area (Å²) in [5, 5.41) is 8.81. The van der Waals surface area contributed by atoms with Crippen molar-refractivity contribution in [2.45, 2.75) is 89.7 Å². The summed E-state index contributed by atoms with van der Waals surface area (Å²) < 4.78 is 192. The van der Waals surface area contributed by atoms with Crippen LogP contribution in [0.3, 0.4) is 0 Å². The molecule has 1 N–H and O–H groups in total. The van der Waals surface area contributed by atoms with E-state index in [4.69, 9.17) is 4.74 Å². The fourth-order valence-corrected chi connectivity index (χ4v) is 12.4. The van der Waals surface area contributed by atoms with Gasteiger partial charge in [-0.3, -0.25) is 4.79 Å². The minimum atomic E-state index is -5.41. The molecule has 2 aliphatic heterocycles. The maximum atomic E-state index is 12.6. The van der Waals surface area contributed by atoms with Crippen LogP contribution in [0.15, 0.2) is 104 Å². The smallest absolute Gasteiger partial charge is 0.748 e. The van der Waals surface area contributed by atoms with Crippen molar-refractivity contribution < 1.29 is 202 Å². The van der Waals surface area contributed by atoms with E-state index in [9.17, 15) is 74.8 Å². The number of anilines is 1. The van der Waals surface area contributed by atoms with Crippen molar-refractivity contribution >= 4 is 95.2 Å². The van der Waals surface area contributed by atoms with Crippen LogP contribution in [0.25, 0.3) is 21.5 Å². The molecular formula is C44H46N2Na4O18S5. The molecular weight excluding hydrogens is 1100 g/mol. The molecule has 0 fully saturated rings. The van der Waals surface area contributed by atoms with E-state index in [1.807, 2.05) is 0 Å². The van der Waals surface area contributed by atoms with Crippen molar-refractivity contribution in [3.63, 3.8) is 0 Å². The summed E-state index contributed by atoms with van der Waals surface area (Å²) in [4.78, 5) is 9.74. The second-order valence-corrected chi connectivity index (χ2v) is 24.3. The van der Waals surface area contributed by atoms with E-state index in [1.165, 1.54) is 25.3 Å². The summed E-state index contributed by atoms with van der Waals surface area (Å²) in [5.41, 5.74) is -0.296. The number of methoxy groups -OCH3 is 1. The number of carboxylic acid groups (broad SMARTS) is 1. The third-order valence-corrected chi connectivity index (χ3v) is 16.5. The molecule has 0 saturated carbocycles. The summed E-state index contributed by atoms with van der Waals surface area (Å²) in [6.45, 7) is 5.56. The summed E-state index contributed by atoms with van der Waals surface area (Å²) in [6, 6.07) is 8.40.